The van der Waals surface area contributed by atoms with Crippen molar-refractivity contribution in [1.82, 2.24) is 4.57 Å². The standard InChI is InChI=1S/C22H16N.C5H5.2ClH.Zr/c1-23-21-11-3-2-8-19(21)20-14-16(12-13-22(20)23)18-10-5-7-15-6-4-9-17(15)18;1-2-4-5-3-1;;;/h2-14H,1H3;1-5H;2*1H;/q2*-1;;;+4/p-2. The molecule has 0 fully saturated rings. The van der Waals surface area contributed by atoms with E-state index in [1.165, 1.54) is 43.7 Å². The molecule has 1 aromatic heterocycles. The maximum Gasteiger partial charge on any atom is -0.172 e. The second-order valence-corrected chi connectivity index (χ2v) is 10.9. The van der Waals surface area contributed by atoms with E-state index >= 15 is 0 Å². The molecule has 0 aliphatic heterocycles. The summed E-state index contributed by atoms with van der Waals surface area (Å²) >= 11 is -0.826. The molecule has 152 valence electrons. The van der Waals surface area contributed by atoms with Gasteiger partial charge in [-0.1, -0.05) is 35.9 Å². The summed E-state index contributed by atoms with van der Waals surface area (Å²) in [5.74, 6) is 0. The monoisotopic (exact) mass is 519 g/mol. The predicted molar refractivity (Wildman–Crippen MR) is 133 cm³/mol. The molecule has 1 heterocycles. The van der Waals surface area contributed by atoms with Crippen molar-refractivity contribution in [1.29, 1.82) is 0 Å². The fourth-order valence-electron chi connectivity index (χ4n) is 4.07. The average molecular weight is 522 g/mol. The van der Waals surface area contributed by atoms with Crippen molar-refractivity contribution in [2.24, 2.45) is 7.05 Å². The van der Waals surface area contributed by atoms with E-state index in [1.807, 2.05) is 30.3 Å². The van der Waals surface area contributed by atoms with Crippen molar-refractivity contribution < 1.29 is 20.8 Å². The Kier molecular flexibility index (Phi) is 7.46. The molecule has 4 heteroatoms. The van der Waals surface area contributed by atoms with E-state index in [1.54, 1.807) is 0 Å². The van der Waals surface area contributed by atoms with Gasteiger partial charge in [-0.3, -0.25) is 0 Å². The Labute approximate surface area is 201 Å². The molecule has 0 amide bonds. The van der Waals surface area contributed by atoms with Gasteiger partial charge < -0.3 is 4.57 Å². The molecule has 0 unspecified atom stereocenters. The third kappa shape index (κ3) is 4.72. The van der Waals surface area contributed by atoms with Gasteiger partial charge in [0.15, 0.2) is 0 Å². The summed E-state index contributed by atoms with van der Waals surface area (Å²) in [6.07, 6.45) is 0. The first kappa shape index (κ1) is 22.1. The number of halogens is 2. The Morgan fingerprint density at radius 3 is 2.19 bits per heavy atom. The molecular weight excluding hydrogens is 500 g/mol. The summed E-state index contributed by atoms with van der Waals surface area (Å²) in [6.45, 7) is 0. The van der Waals surface area contributed by atoms with Gasteiger partial charge in [0.25, 0.3) is 0 Å². The van der Waals surface area contributed by atoms with Gasteiger partial charge in [0.2, 0.25) is 0 Å². The van der Waals surface area contributed by atoms with Crippen molar-refractivity contribution in [2.45, 2.75) is 0 Å². The normalized spacial score (nSPS) is 10.3. The number of para-hydroxylation sites is 1. The first-order valence-electron chi connectivity index (χ1n) is 9.99. The van der Waals surface area contributed by atoms with Crippen LogP contribution in [0.3, 0.4) is 0 Å². The van der Waals surface area contributed by atoms with Gasteiger partial charge in [-0.05, 0) is 23.8 Å². The van der Waals surface area contributed by atoms with Crippen LogP contribution in [0.15, 0.2) is 109 Å². The SMILES string of the molecule is Cn1c2ccccc2c2cc(-c3cccc4[cH-]ccc34)ccc21.[Cl][Zr+2][Cl].c1cc[cH-]c1. The summed E-state index contributed by atoms with van der Waals surface area (Å²) in [5, 5.41) is 5.28. The number of benzene rings is 3. The molecule has 0 aliphatic rings. The van der Waals surface area contributed by atoms with Crippen LogP contribution in [0.25, 0.3) is 43.7 Å². The minimum Gasteiger partial charge on any atom is -0.214 e. The molecule has 0 bridgehead atoms. The van der Waals surface area contributed by atoms with Crippen molar-refractivity contribution in [3.63, 3.8) is 0 Å². The zero-order chi connectivity index (χ0) is 21.6. The number of rotatable bonds is 1. The fraction of sp³-hybridized carbons (Fsp3) is 0.0370. The van der Waals surface area contributed by atoms with E-state index in [2.05, 4.69) is 90.5 Å². The minimum absolute atomic E-state index is 0.826. The van der Waals surface area contributed by atoms with Gasteiger partial charge >= 0.3 is 37.9 Å². The Bertz CT molecular complexity index is 1380. The van der Waals surface area contributed by atoms with Crippen LogP contribution in [0.1, 0.15) is 0 Å². The van der Waals surface area contributed by atoms with E-state index in [0.29, 0.717) is 0 Å². The second kappa shape index (κ2) is 10.5. The van der Waals surface area contributed by atoms with Gasteiger partial charge in [-0.15, -0.1) is 29.0 Å². The third-order valence-electron chi connectivity index (χ3n) is 5.46. The molecule has 0 N–H and O–H groups in total. The quantitative estimate of drug-likeness (QED) is 0.191. The molecule has 1 nitrogen and oxygen atoms in total. The van der Waals surface area contributed by atoms with E-state index in [4.69, 9.17) is 17.0 Å². The smallest absolute Gasteiger partial charge is 0.172 e. The molecule has 0 spiro atoms. The van der Waals surface area contributed by atoms with Crippen LogP contribution < -0.4 is 0 Å². The Morgan fingerprint density at radius 2 is 1.45 bits per heavy atom. The molecule has 0 radical (unpaired) electrons. The van der Waals surface area contributed by atoms with Crippen LogP contribution in [-0.2, 0) is 27.9 Å². The molecule has 5 aromatic carbocycles. The summed E-state index contributed by atoms with van der Waals surface area (Å²) in [5.41, 5.74) is 5.16. The van der Waals surface area contributed by atoms with Crippen molar-refractivity contribution in [3.8, 4) is 11.1 Å². The number of nitrogens with zero attached hydrogens (tertiary/aromatic N) is 1. The number of hydrogen-bond acceptors (Lipinski definition) is 0. The molecule has 0 saturated carbocycles. The molecule has 6 rings (SSSR count). The van der Waals surface area contributed by atoms with E-state index in [9.17, 15) is 0 Å². The van der Waals surface area contributed by atoms with Crippen LogP contribution in [-0.4, -0.2) is 4.57 Å². The van der Waals surface area contributed by atoms with E-state index in [-0.39, 0.29) is 0 Å². The van der Waals surface area contributed by atoms with E-state index in [0.717, 1.165) is 0 Å². The molecular formula is C27H21Cl2NZr. The first-order valence-corrected chi connectivity index (χ1v) is 16.3. The van der Waals surface area contributed by atoms with Crippen LogP contribution in [0, 0.1) is 0 Å². The molecule has 0 atom stereocenters. The van der Waals surface area contributed by atoms with Crippen LogP contribution in [0.4, 0.5) is 0 Å². The van der Waals surface area contributed by atoms with Crippen molar-refractivity contribution in [2.75, 3.05) is 0 Å². The zero-order valence-electron chi connectivity index (χ0n) is 17.1. The predicted octanol–water partition coefficient (Wildman–Crippen LogP) is 8.65. The van der Waals surface area contributed by atoms with Gasteiger partial charge in [0.1, 0.15) is 0 Å². The number of fused-ring (bicyclic) bond motifs is 4. The largest absolute Gasteiger partial charge is 0.214 e. The summed E-state index contributed by atoms with van der Waals surface area (Å²) < 4.78 is 2.28. The number of aromatic nitrogens is 1. The third-order valence-corrected chi connectivity index (χ3v) is 5.46. The topological polar surface area (TPSA) is 4.93 Å². The Morgan fingerprint density at radius 1 is 0.710 bits per heavy atom. The zero-order valence-corrected chi connectivity index (χ0v) is 21.1. The summed E-state index contributed by atoms with van der Waals surface area (Å²) in [4.78, 5) is 0. The van der Waals surface area contributed by atoms with Crippen molar-refractivity contribution in [3.05, 3.63) is 109 Å². The van der Waals surface area contributed by atoms with Gasteiger partial charge in [-0.2, -0.15) is 30.3 Å². The maximum atomic E-state index is 4.93. The van der Waals surface area contributed by atoms with Crippen LogP contribution in [0.5, 0.6) is 0 Å². The van der Waals surface area contributed by atoms with E-state index < -0.39 is 20.8 Å². The second-order valence-electron chi connectivity index (χ2n) is 7.18. The molecule has 6 aromatic rings. The minimum atomic E-state index is -0.826. The molecule has 0 saturated heterocycles. The maximum absolute atomic E-state index is 4.93. The Balaban J connectivity index is 0.000000247. The first-order chi connectivity index (χ1) is 15.2. The van der Waals surface area contributed by atoms with Crippen LogP contribution in [0.2, 0.25) is 0 Å². The fourth-order valence-corrected chi connectivity index (χ4v) is 4.07. The summed E-state index contributed by atoms with van der Waals surface area (Å²) in [7, 11) is 12.0. The molecule has 0 aliphatic carbocycles. The Hall–Kier alpha value is -2.12. The van der Waals surface area contributed by atoms with Crippen LogP contribution >= 0.6 is 17.0 Å². The van der Waals surface area contributed by atoms with Gasteiger partial charge in [-0.25, -0.2) is 12.1 Å². The average Bonchev–Trinajstić information content (AvgIpc) is 3.57. The summed E-state index contributed by atoms with van der Waals surface area (Å²) in [6, 6.07) is 38.5. The van der Waals surface area contributed by atoms with Gasteiger partial charge in [0, 0.05) is 28.9 Å². The molecule has 31 heavy (non-hydrogen) atoms. The number of aryl methyl sites for hydroxylation is 1. The van der Waals surface area contributed by atoms with Gasteiger partial charge in [0.05, 0.1) is 0 Å². The number of hydrogen-bond donors (Lipinski definition) is 0. The van der Waals surface area contributed by atoms with Crippen molar-refractivity contribution >= 4 is 49.6 Å².